The first-order valence-electron chi connectivity index (χ1n) is 11.0. The lowest BCUT2D eigenvalue weighted by molar-refractivity contribution is -0.137. The molecule has 184 valence electrons. The topological polar surface area (TPSA) is 76.9 Å². The number of alkyl halides is 3. The lowest BCUT2D eigenvalue weighted by atomic mass is 10.1. The minimum Gasteiger partial charge on any atom is -0.497 e. The molecular formula is C25H21F3N6OS. The van der Waals surface area contributed by atoms with E-state index in [2.05, 4.69) is 25.6 Å². The molecule has 2 aromatic carbocycles. The molecule has 3 aromatic heterocycles. The molecule has 0 atom stereocenters. The monoisotopic (exact) mass is 510 g/mol. The highest BCUT2D eigenvalue weighted by Crippen LogP contribution is 2.31. The molecule has 7 nitrogen and oxygen atoms in total. The van der Waals surface area contributed by atoms with Gasteiger partial charge in [-0.1, -0.05) is 12.1 Å². The summed E-state index contributed by atoms with van der Waals surface area (Å²) in [5.74, 6) is 1.56. The number of nitrogens with zero attached hydrogens (tertiary/aromatic N) is 4. The second kappa shape index (κ2) is 9.86. The van der Waals surface area contributed by atoms with E-state index in [1.54, 1.807) is 24.8 Å². The van der Waals surface area contributed by atoms with E-state index in [0.29, 0.717) is 29.2 Å². The molecule has 0 unspecified atom stereocenters. The molecule has 3 heterocycles. The molecular weight excluding hydrogens is 489 g/mol. The van der Waals surface area contributed by atoms with Crippen molar-refractivity contribution in [2.75, 3.05) is 24.3 Å². The Kier molecular flexibility index (Phi) is 6.47. The minimum atomic E-state index is -4.40. The smallest absolute Gasteiger partial charge is 0.416 e. The molecule has 0 aliphatic carbocycles. The molecule has 0 bridgehead atoms. The van der Waals surface area contributed by atoms with Crippen LogP contribution >= 0.6 is 11.3 Å². The van der Waals surface area contributed by atoms with Crippen molar-refractivity contribution >= 4 is 40.0 Å². The number of nitrogens with one attached hydrogen (secondary N) is 2. The fraction of sp³-hybridized carbons (Fsp3) is 0.160. The van der Waals surface area contributed by atoms with Crippen LogP contribution in [0.25, 0.3) is 16.9 Å². The number of fused-ring (bicyclic) bond motifs is 1. The van der Waals surface area contributed by atoms with E-state index in [0.717, 1.165) is 35.6 Å². The molecule has 0 spiro atoms. The molecule has 0 aliphatic heterocycles. The van der Waals surface area contributed by atoms with E-state index in [9.17, 15) is 13.2 Å². The maximum absolute atomic E-state index is 12.9. The number of imidazole rings is 1. The van der Waals surface area contributed by atoms with E-state index in [4.69, 9.17) is 4.74 Å². The lowest BCUT2D eigenvalue weighted by Crippen LogP contribution is -2.09. The first-order valence-corrected chi connectivity index (χ1v) is 11.9. The van der Waals surface area contributed by atoms with Crippen molar-refractivity contribution in [3.8, 4) is 11.4 Å². The number of rotatable bonds is 8. The highest BCUT2D eigenvalue weighted by molar-refractivity contribution is 7.08. The zero-order chi connectivity index (χ0) is 25.1. The van der Waals surface area contributed by atoms with Gasteiger partial charge in [0, 0.05) is 17.6 Å². The predicted molar refractivity (Wildman–Crippen MR) is 134 cm³/mol. The summed E-state index contributed by atoms with van der Waals surface area (Å²) in [7, 11) is 1.63. The second-order valence-corrected chi connectivity index (χ2v) is 8.67. The molecule has 0 saturated heterocycles. The Morgan fingerprint density at radius 3 is 2.44 bits per heavy atom. The Morgan fingerprint density at radius 1 is 1.00 bits per heavy atom. The van der Waals surface area contributed by atoms with Crippen LogP contribution in [0.1, 0.15) is 11.1 Å². The maximum Gasteiger partial charge on any atom is 0.416 e. The zero-order valence-electron chi connectivity index (χ0n) is 19.1. The summed E-state index contributed by atoms with van der Waals surface area (Å²) in [6, 6.07) is 14.5. The normalized spacial score (nSPS) is 11.6. The number of hydrogen-bond acceptors (Lipinski definition) is 7. The molecule has 2 N–H and O–H groups in total. The van der Waals surface area contributed by atoms with Gasteiger partial charge in [-0.25, -0.2) is 4.98 Å². The van der Waals surface area contributed by atoms with Crippen LogP contribution in [0.5, 0.6) is 5.75 Å². The Morgan fingerprint density at radius 2 is 1.78 bits per heavy atom. The highest BCUT2D eigenvalue weighted by atomic mass is 32.1. The third kappa shape index (κ3) is 5.10. The largest absolute Gasteiger partial charge is 0.497 e. The lowest BCUT2D eigenvalue weighted by Gasteiger charge is -2.12. The summed E-state index contributed by atoms with van der Waals surface area (Å²) in [4.78, 5) is 13.7. The summed E-state index contributed by atoms with van der Waals surface area (Å²) in [6.45, 7) is 0.587. The van der Waals surface area contributed by atoms with Crippen LogP contribution in [0.3, 0.4) is 0 Å². The number of anilines is 3. The molecule has 11 heteroatoms. The van der Waals surface area contributed by atoms with Crippen molar-refractivity contribution < 1.29 is 17.9 Å². The van der Waals surface area contributed by atoms with Crippen LogP contribution in [-0.2, 0) is 12.6 Å². The van der Waals surface area contributed by atoms with Crippen LogP contribution in [0.2, 0.25) is 0 Å². The fourth-order valence-electron chi connectivity index (χ4n) is 3.65. The van der Waals surface area contributed by atoms with Gasteiger partial charge in [0.2, 0.25) is 5.95 Å². The first kappa shape index (κ1) is 23.6. The Balaban J connectivity index is 1.43. The van der Waals surface area contributed by atoms with Gasteiger partial charge >= 0.3 is 6.18 Å². The standard InChI is InChI=1S/C25H21F3N6OS/c1-35-20-8-2-16(3-9-20)10-12-29-22-21-23(34(15-30-21)19-11-13-36-14-19)33-24(32-22)31-18-6-4-17(5-7-18)25(26,27)28/h2-9,11,13-15H,10,12H2,1H3,(H2,29,31,32,33). The van der Waals surface area contributed by atoms with E-state index in [1.807, 2.05) is 45.7 Å². The van der Waals surface area contributed by atoms with E-state index in [-0.39, 0.29) is 5.95 Å². The molecule has 0 saturated carbocycles. The SMILES string of the molecule is COc1ccc(CCNc2nc(Nc3ccc(C(F)(F)F)cc3)nc3c2ncn3-c2ccsc2)cc1. The van der Waals surface area contributed by atoms with Gasteiger partial charge in [0.05, 0.1) is 18.4 Å². The third-order valence-electron chi connectivity index (χ3n) is 5.51. The Bertz CT molecular complexity index is 1450. The summed E-state index contributed by atoms with van der Waals surface area (Å²) in [5.41, 5.74) is 2.92. The van der Waals surface area contributed by atoms with Crippen molar-refractivity contribution in [1.82, 2.24) is 19.5 Å². The van der Waals surface area contributed by atoms with Crippen LogP contribution in [0.15, 0.2) is 71.7 Å². The van der Waals surface area contributed by atoms with Crippen molar-refractivity contribution in [3.05, 3.63) is 82.8 Å². The van der Waals surface area contributed by atoms with Crippen molar-refractivity contribution in [1.29, 1.82) is 0 Å². The highest BCUT2D eigenvalue weighted by Gasteiger charge is 2.30. The van der Waals surface area contributed by atoms with Crippen molar-refractivity contribution in [2.45, 2.75) is 12.6 Å². The maximum atomic E-state index is 12.9. The fourth-order valence-corrected chi connectivity index (χ4v) is 4.28. The summed E-state index contributed by atoms with van der Waals surface area (Å²) in [5, 5.41) is 10.3. The van der Waals surface area contributed by atoms with Gasteiger partial charge in [-0.2, -0.15) is 34.5 Å². The summed E-state index contributed by atoms with van der Waals surface area (Å²) >= 11 is 1.55. The number of thiophene rings is 1. The first-order chi connectivity index (χ1) is 17.4. The van der Waals surface area contributed by atoms with Crippen LogP contribution in [0.4, 0.5) is 30.6 Å². The van der Waals surface area contributed by atoms with Crippen LogP contribution in [0, 0.1) is 0 Å². The van der Waals surface area contributed by atoms with Gasteiger partial charge in [0.25, 0.3) is 0 Å². The molecule has 0 amide bonds. The molecule has 5 aromatic rings. The second-order valence-electron chi connectivity index (χ2n) is 7.89. The number of methoxy groups -OCH3 is 1. The van der Waals surface area contributed by atoms with Gasteiger partial charge in [-0.3, -0.25) is 4.57 Å². The van der Waals surface area contributed by atoms with Gasteiger partial charge in [0.15, 0.2) is 17.0 Å². The van der Waals surface area contributed by atoms with Gasteiger partial charge in [0.1, 0.15) is 12.1 Å². The zero-order valence-corrected chi connectivity index (χ0v) is 19.9. The van der Waals surface area contributed by atoms with Crippen molar-refractivity contribution in [3.63, 3.8) is 0 Å². The summed E-state index contributed by atoms with van der Waals surface area (Å²) in [6.07, 6.45) is -1.98. The number of hydrogen-bond donors (Lipinski definition) is 2. The molecule has 0 aliphatic rings. The van der Waals surface area contributed by atoms with Crippen LogP contribution < -0.4 is 15.4 Å². The van der Waals surface area contributed by atoms with E-state index in [1.165, 1.54) is 12.1 Å². The molecule has 0 fully saturated rings. The Hall–Kier alpha value is -4.12. The Labute approximate surface area is 208 Å². The predicted octanol–water partition coefficient (Wildman–Crippen LogP) is 6.30. The van der Waals surface area contributed by atoms with Crippen LogP contribution in [-0.4, -0.2) is 33.2 Å². The number of ether oxygens (including phenoxy) is 1. The molecule has 0 radical (unpaired) electrons. The quantitative estimate of drug-likeness (QED) is 0.255. The van der Waals surface area contributed by atoms with Gasteiger partial charge in [-0.15, -0.1) is 0 Å². The molecule has 5 rings (SSSR count). The average Bonchev–Trinajstić information content (AvgIpc) is 3.54. The minimum absolute atomic E-state index is 0.242. The number of benzene rings is 2. The van der Waals surface area contributed by atoms with E-state index < -0.39 is 11.7 Å². The van der Waals surface area contributed by atoms with Gasteiger partial charge < -0.3 is 15.4 Å². The number of halogens is 3. The average molecular weight is 511 g/mol. The summed E-state index contributed by atoms with van der Waals surface area (Å²) < 4.78 is 45.8. The number of aromatic nitrogens is 4. The molecule has 36 heavy (non-hydrogen) atoms. The van der Waals surface area contributed by atoms with Crippen molar-refractivity contribution in [2.24, 2.45) is 0 Å². The van der Waals surface area contributed by atoms with Gasteiger partial charge in [-0.05, 0) is 59.8 Å². The van der Waals surface area contributed by atoms with E-state index >= 15 is 0 Å². The third-order valence-corrected chi connectivity index (χ3v) is 6.18.